The topological polar surface area (TPSA) is 0 Å². The van der Waals surface area contributed by atoms with Gasteiger partial charge < -0.3 is 28.5 Å². The highest BCUT2D eigenvalue weighted by atomic mass is 127. The van der Waals surface area contributed by atoms with E-state index in [1.807, 2.05) is 0 Å². The van der Waals surface area contributed by atoms with Crippen molar-refractivity contribution in [3.05, 3.63) is 71.8 Å². The minimum Gasteiger partial charge on any atom is -1.00 e. The molecule has 0 fully saturated rings. The van der Waals surface area contributed by atoms with Gasteiger partial charge in [-0.05, 0) is 11.1 Å². The molecule has 0 radical (unpaired) electrons. The Kier molecular flexibility index (Phi) is 6.18. The van der Waals surface area contributed by atoms with Crippen LogP contribution in [-0.4, -0.2) is 32.2 Å². The van der Waals surface area contributed by atoms with Gasteiger partial charge >= 0.3 is 0 Å². The molecule has 1 atom stereocenters. The smallest absolute Gasteiger partial charge is 0.0954 e. The summed E-state index contributed by atoms with van der Waals surface area (Å²) >= 11 is 0. The number of hydrogen-bond acceptors (Lipinski definition) is 0. The van der Waals surface area contributed by atoms with E-state index >= 15 is 0 Å². The Hall–Kier alpha value is -0.440. The summed E-state index contributed by atoms with van der Waals surface area (Å²) in [7, 11) is 9.81. The van der Waals surface area contributed by atoms with E-state index in [1.165, 1.54) is 11.1 Å². The van der Waals surface area contributed by atoms with E-state index in [-0.39, 0.29) is 29.1 Å². The Morgan fingerprint density at radius 3 is 1.45 bits per heavy atom. The molecule has 0 aliphatic rings. The van der Waals surface area contributed by atoms with E-state index in [9.17, 15) is 0 Å². The summed E-state index contributed by atoms with van der Waals surface area (Å²) in [6.45, 7) is 1.03. The average Bonchev–Trinajstić information content (AvgIpc) is 2.39. The maximum Gasteiger partial charge on any atom is 0.0954 e. The predicted octanol–water partition coefficient (Wildman–Crippen LogP) is 0.515. The molecule has 2 aromatic rings. The highest BCUT2D eigenvalue weighted by Gasteiger charge is 2.34. The standard InChI is InChI=1S/C17H23NP.HI/c1-18(2,3)14-17(19,15-10-6-4-7-11-15)16-12-8-5-9-13-16;/h4-13H,14,19H2,1-3H3;1H/q+1;/p-1. The van der Waals surface area contributed by atoms with Crippen LogP contribution in [0.2, 0.25) is 0 Å². The van der Waals surface area contributed by atoms with Gasteiger partial charge in [0.1, 0.15) is 0 Å². The van der Waals surface area contributed by atoms with Crippen molar-refractivity contribution in [1.82, 2.24) is 0 Å². The highest BCUT2D eigenvalue weighted by Crippen LogP contribution is 2.40. The molecular weight excluding hydrogens is 376 g/mol. The van der Waals surface area contributed by atoms with Crippen LogP contribution in [0.4, 0.5) is 0 Å². The zero-order valence-corrected chi connectivity index (χ0v) is 15.7. The van der Waals surface area contributed by atoms with Crippen molar-refractivity contribution in [2.24, 2.45) is 0 Å². The molecule has 3 heteroatoms. The van der Waals surface area contributed by atoms with Gasteiger partial charge in [-0.2, -0.15) is 0 Å². The van der Waals surface area contributed by atoms with Crippen LogP contribution in [0.15, 0.2) is 60.7 Å². The van der Waals surface area contributed by atoms with Gasteiger partial charge in [0.05, 0.1) is 32.8 Å². The van der Waals surface area contributed by atoms with Crippen molar-refractivity contribution < 1.29 is 28.5 Å². The van der Waals surface area contributed by atoms with Crippen LogP contribution in [0.25, 0.3) is 0 Å². The van der Waals surface area contributed by atoms with Gasteiger partial charge in [0.2, 0.25) is 0 Å². The Morgan fingerprint density at radius 1 is 0.800 bits per heavy atom. The van der Waals surface area contributed by atoms with Crippen LogP contribution in [0.3, 0.4) is 0 Å². The number of hydrogen-bond donors (Lipinski definition) is 0. The van der Waals surface area contributed by atoms with E-state index in [4.69, 9.17) is 0 Å². The Morgan fingerprint density at radius 2 is 1.15 bits per heavy atom. The van der Waals surface area contributed by atoms with Crippen LogP contribution < -0.4 is 24.0 Å². The summed E-state index contributed by atoms with van der Waals surface area (Å²) in [5.74, 6) is 0. The fourth-order valence-electron chi connectivity index (χ4n) is 2.57. The first-order valence-corrected chi connectivity index (χ1v) is 7.20. The van der Waals surface area contributed by atoms with Crippen LogP contribution in [0.5, 0.6) is 0 Å². The lowest BCUT2D eigenvalue weighted by atomic mass is 9.89. The lowest BCUT2D eigenvalue weighted by Crippen LogP contribution is -3.00. The van der Waals surface area contributed by atoms with Crippen LogP contribution in [0.1, 0.15) is 11.1 Å². The van der Waals surface area contributed by atoms with Gasteiger partial charge in [0.25, 0.3) is 0 Å². The molecule has 2 rings (SSSR count). The number of quaternary nitrogens is 1. The minimum atomic E-state index is -0.0409. The molecular formula is C17H23INP. The highest BCUT2D eigenvalue weighted by molar-refractivity contribution is 7.19. The molecule has 2 aromatic carbocycles. The molecule has 1 nitrogen and oxygen atoms in total. The van der Waals surface area contributed by atoms with E-state index in [2.05, 4.69) is 91.0 Å². The SMILES string of the molecule is C[N+](C)(C)CC(P)(c1ccccc1)c1ccccc1.[I-]. The maximum atomic E-state index is 3.09. The second-order valence-electron chi connectivity index (χ2n) is 6.15. The van der Waals surface area contributed by atoms with E-state index in [0.29, 0.717) is 0 Å². The molecule has 0 N–H and O–H groups in total. The van der Waals surface area contributed by atoms with Crippen molar-refractivity contribution in [3.8, 4) is 0 Å². The zero-order valence-electron chi connectivity index (χ0n) is 12.4. The van der Waals surface area contributed by atoms with Crippen molar-refractivity contribution in [2.45, 2.75) is 5.16 Å². The molecule has 0 aromatic heterocycles. The van der Waals surface area contributed by atoms with Gasteiger partial charge in [-0.1, -0.05) is 60.7 Å². The van der Waals surface area contributed by atoms with Gasteiger partial charge in [0.15, 0.2) is 0 Å². The van der Waals surface area contributed by atoms with E-state index < -0.39 is 0 Å². The number of nitrogens with zero attached hydrogens (tertiary/aromatic N) is 1. The Balaban J connectivity index is 0.00000200. The normalized spacial score (nSPS) is 11.8. The van der Waals surface area contributed by atoms with Crippen molar-refractivity contribution >= 4 is 9.24 Å². The molecule has 20 heavy (non-hydrogen) atoms. The average molecular weight is 399 g/mol. The third-order valence-electron chi connectivity index (χ3n) is 3.30. The molecule has 108 valence electrons. The van der Waals surface area contributed by atoms with E-state index in [0.717, 1.165) is 11.0 Å². The monoisotopic (exact) mass is 399 g/mol. The molecule has 0 saturated heterocycles. The first kappa shape index (κ1) is 17.6. The molecule has 0 aliphatic heterocycles. The fourth-order valence-corrected chi connectivity index (χ4v) is 3.50. The summed E-state index contributed by atoms with van der Waals surface area (Å²) < 4.78 is 0.924. The predicted molar refractivity (Wildman–Crippen MR) is 86.3 cm³/mol. The van der Waals surface area contributed by atoms with Gasteiger partial charge in [0, 0.05) is 0 Å². The van der Waals surface area contributed by atoms with Crippen LogP contribution >= 0.6 is 9.24 Å². The second-order valence-corrected chi connectivity index (χ2v) is 7.14. The first-order chi connectivity index (χ1) is 8.92. The lowest BCUT2D eigenvalue weighted by Gasteiger charge is -2.37. The van der Waals surface area contributed by atoms with Gasteiger partial charge in [-0.25, -0.2) is 0 Å². The summed E-state index contributed by atoms with van der Waals surface area (Å²) in [5, 5.41) is -0.0409. The van der Waals surface area contributed by atoms with Crippen LogP contribution in [0, 0.1) is 0 Å². The molecule has 0 spiro atoms. The molecule has 0 aliphatic carbocycles. The summed E-state index contributed by atoms with van der Waals surface area (Å²) in [5.41, 5.74) is 2.69. The van der Waals surface area contributed by atoms with Crippen molar-refractivity contribution in [2.75, 3.05) is 27.7 Å². The maximum absolute atomic E-state index is 3.09. The zero-order chi connectivity index (χ0) is 13.9. The van der Waals surface area contributed by atoms with Crippen LogP contribution in [-0.2, 0) is 5.16 Å². The Bertz CT molecular complexity index is 480. The number of rotatable bonds is 4. The second kappa shape index (κ2) is 7.02. The summed E-state index contributed by atoms with van der Waals surface area (Å²) in [4.78, 5) is 0. The molecule has 0 saturated carbocycles. The van der Waals surface area contributed by atoms with Gasteiger partial charge in [-0.3, -0.25) is 0 Å². The quantitative estimate of drug-likeness (QED) is 0.400. The van der Waals surface area contributed by atoms with Gasteiger partial charge in [-0.15, -0.1) is 9.24 Å². The third kappa shape index (κ3) is 4.28. The fraction of sp³-hybridized carbons (Fsp3) is 0.294. The molecule has 0 amide bonds. The molecule has 1 unspecified atom stereocenters. The number of likely N-dealkylation sites (N-methyl/N-ethyl adjacent to an activating group) is 1. The van der Waals surface area contributed by atoms with Crippen molar-refractivity contribution in [3.63, 3.8) is 0 Å². The Labute approximate surface area is 142 Å². The lowest BCUT2D eigenvalue weighted by molar-refractivity contribution is -0.872. The first-order valence-electron chi connectivity index (χ1n) is 6.62. The summed E-state index contributed by atoms with van der Waals surface area (Å²) in [6, 6.07) is 21.5. The summed E-state index contributed by atoms with van der Waals surface area (Å²) in [6.07, 6.45) is 0. The third-order valence-corrected chi connectivity index (χ3v) is 4.15. The largest absolute Gasteiger partial charge is 1.00 e. The van der Waals surface area contributed by atoms with E-state index in [1.54, 1.807) is 0 Å². The molecule has 0 bridgehead atoms. The van der Waals surface area contributed by atoms with Crippen molar-refractivity contribution in [1.29, 1.82) is 0 Å². The molecule has 0 heterocycles. The number of benzene rings is 2. The number of halogens is 1. The minimum absolute atomic E-state index is 0.